The van der Waals surface area contributed by atoms with E-state index in [0.29, 0.717) is 13.0 Å². The predicted molar refractivity (Wildman–Crippen MR) is 114 cm³/mol. The van der Waals surface area contributed by atoms with Crippen molar-refractivity contribution in [1.82, 2.24) is 15.1 Å². The van der Waals surface area contributed by atoms with E-state index in [0.717, 1.165) is 15.4 Å². The Kier molecular flexibility index (Phi) is 6.12. The normalized spacial score (nSPS) is 11.3. The molecule has 0 radical (unpaired) electrons. The summed E-state index contributed by atoms with van der Waals surface area (Å²) in [6.07, 6.45) is 1.92. The number of aryl methyl sites for hydroxylation is 2. The minimum Gasteiger partial charge on any atom is -0.508 e. The van der Waals surface area contributed by atoms with Crippen molar-refractivity contribution in [2.24, 2.45) is 7.05 Å². The van der Waals surface area contributed by atoms with Crippen LogP contribution in [0.5, 0.6) is 5.75 Å². The molecule has 0 spiro atoms. The van der Waals surface area contributed by atoms with E-state index in [4.69, 9.17) is 0 Å². The maximum Gasteiger partial charge on any atom is 0.265 e. The highest BCUT2D eigenvalue weighted by Gasteiger charge is 2.28. The van der Waals surface area contributed by atoms with Gasteiger partial charge in [-0.25, -0.2) is 8.42 Å². The molecule has 0 unspecified atom stereocenters. The zero-order valence-electron chi connectivity index (χ0n) is 17.0. The Morgan fingerprint density at radius 1 is 1.13 bits per heavy atom. The minimum absolute atomic E-state index is 0.135. The molecule has 0 saturated heterocycles. The molecule has 158 valence electrons. The van der Waals surface area contributed by atoms with Crippen LogP contribution in [0.25, 0.3) is 0 Å². The maximum atomic E-state index is 13.0. The molecule has 0 aliphatic rings. The summed E-state index contributed by atoms with van der Waals surface area (Å²) in [4.78, 5) is 12.8. The number of nitrogens with one attached hydrogen (secondary N) is 1. The third kappa shape index (κ3) is 4.46. The van der Waals surface area contributed by atoms with Crippen molar-refractivity contribution in [3.8, 4) is 5.75 Å². The van der Waals surface area contributed by atoms with Gasteiger partial charge in [-0.1, -0.05) is 29.8 Å². The molecule has 9 heteroatoms. The van der Waals surface area contributed by atoms with Crippen LogP contribution in [-0.2, 0) is 23.5 Å². The smallest absolute Gasteiger partial charge is 0.265 e. The second kappa shape index (κ2) is 8.58. The highest BCUT2D eigenvalue weighted by Crippen LogP contribution is 2.25. The van der Waals surface area contributed by atoms with Gasteiger partial charge >= 0.3 is 0 Å². The van der Waals surface area contributed by atoms with Crippen LogP contribution in [0.15, 0.2) is 59.6 Å². The number of nitrogens with zero attached hydrogens (tertiary/aromatic N) is 3. The van der Waals surface area contributed by atoms with Gasteiger partial charge in [0.15, 0.2) is 5.82 Å². The van der Waals surface area contributed by atoms with E-state index in [2.05, 4.69) is 10.4 Å². The van der Waals surface area contributed by atoms with Gasteiger partial charge < -0.3 is 10.4 Å². The van der Waals surface area contributed by atoms with Crippen molar-refractivity contribution in [2.75, 3.05) is 17.9 Å². The Hall–Kier alpha value is -3.33. The number of amides is 1. The van der Waals surface area contributed by atoms with Crippen LogP contribution in [0.4, 0.5) is 5.82 Å². The van der Waals surface area contributed by atoms with Gasteiger partial charge in [0.1, 0.15) is 11.3 Å². The van der Waals surface area contributed by atoms with Gasteiger partial charge in [-0.15, -0.1) is 0 Å². The van der Waals surface area contributed by atoms with Crippen LogP contribution in [-0.4, -0.2) is 42.8 Å². The summed E-state index contributed by atoms with van der Waals surface area (Å²) in [7, 11) is -0.867. The lowest BCUT2D eigenvalue weighted by atomic mass is 10.1. The molecule has 3 aromatic rings. The zero-order chi connectivity index (χ0) is 21.9. The van der Waals surface area contributed by atoms with Crippen molar-refractivity contribution in [2.45, 2.75) is 18.2 Å². The molecule has 2 N–H and O–H groups in total. The third-order valence-electron chi connectivity index (χ3n) is 4.77. The molecule has 0 fully saturated rings. The molecule has 0 bridgehead atoms. The van der Waals surface area contributed by atoms with E-state index in [1.807, 2.05) is 6.92 Å². The SMILES string of the molecule is Cc1ccc(S(=O)(=O)N(C)c2c(C(=O)NCCc3ccc(O)cc3)cnn2C)cc1. The summed E-state index contributed by atoms with van der Waals surface area (Å²) in [5.41, 5.74) is 2.07. The van der Waals surface area contributed by atoms with Crippen LogP contribution in [0.1, 0.15) is 21.5 Å². The van der Waals surface area contributed by atoms with Gasteiger partial charge in [-0.2, -0.15) is 5.10 Å². The molecular weight excluding hydrogens is 404 g/mol. The molecule has 0 atom stereocenters. The molecule has 0 saturated carbocycles. The molecule has 30 heavy (non-hydrogen) atoms. The number of aromatic nitrogens is 2. The molecule has 0 aliphatic heterocycles. The molecule has 1 heterocycles. The van der Waals surface area contributed by atoms with Crippen LogP contribution in [0.3, 0.4) is 0 Å². The lowest BCUT2D eigenvalue weighted by Crippen LogP contribution is -2.32. The van der Waals surface area contributed by atoms with Gasteiger partial charge in [-0.3, -0.25) is 13.8 Å². The zero-order valence-corrected chi connectivity index (χ0v) is 17.8. The lowest BCUT2D eigenvalue weighted by Gasteiger charge is -2.21. The molecule has 2 aromatic carbocycles. The van der Waals surface area contributed by atoms with Gasteiger partial charge in [0.05, 0.1) is 11.1 Å². The van der Waals surface area contributed by atoms with Crippen molar-refractivity contribution in [3.05, 3.63) is 71.4 Å². The Labute approximate surface area is 175 Å². The van der Waals surface area contributed by atoms with Gasteiger partial charge in [0, 0.05) is 20.6 Å². The first kappa shape index (κ1) is 21.4. The summed E-state index contributed by atoms with van der Waals surface area (Å²) >= 11 is 0. The number of rotatable bonds is 7. The standard InChI is InChI=1S/C21H24N4O4S/c1-15-4-10-18(11-5-15)30(28,29)25(3)21-19(14-23-24(21)2)20(27)22-13-12-16-6-8-17(26)9-7-16/h4-11,14,26H,12-13H2,1-3H3,(H,22,27). The highest BCUT2D eigenvalue weighted by molar-refractivity contribution is 7.92. The molecule has 8 nitrogen and oxygen atoms in total. The number of carbonyl (C=O) groups excluding carboxylic acids is 1. The summed E-state index contributed by atoms with van der Waals surface area (Å²) in [5.74, 6) is -0.0545. The molecular formula is C21H24N4O4S. The van der Waals surface area contributed by atoms with E-state index < -0.39 is 15.9 Å². The average Bonchev–Trinajstić information content (AvgIpc) is 3.10. The van der Waals surface area contributed by atoms with Gasteiger partial charge in [0.2, 0.25) is 0 Å². The van der Waals surface area contributed by atoms with Crippen molar-refractivity contribution < 1.29 is 18.3 Å². The Morgan fingerprint density at radius 3 is 2.40 bits per heavy atom. The predicted octanol–water partition coefficient (Wildman–Crippen LogP) is 2.23. The van der Waals surface area contributed by atoms with Crippen molar-refractivity contribution in [1.29, 1.82) is 0 Å². The number of aromatic hydroxyl groups is 1. The lowest BCUT2D eigenvalue weighted by molar-refractivity contribution is 0.0954. The Morgan fingerprint density at radius 2 is 1.77 bits per heavy atom. The van der Waals surface area contributed by atoms with Crippen LogP contribution < -0.4 is 9.62 Å². The summed E-state index contributed by atoms with van der Waals surface area (Å²) in [6, 6.07) is 13.2. The first-order valence-electron chi connectivity index (χ1n) is 9.34. The van der Waals surface area contributed by atoms with E-state index in [1.165, 1.54) is 30.1 Å². The first-order chi connectivity index (χ1) is 14.2. The number of benzene rings is 2. The number of phenols is 1. The van der Waals surface area contributed by atoms with Crippen LogP contribution in [0, 0.1) is 6.92 Å². The summed E-state index contributed by atoms with van der Waals surface area (Å²) in [5, 5.41) is 16.2. The second-order valence-corrected chi connectivity index (χ2v) is 8.93. The van der Waals surface area contributed by atoms with E-state index in [1.54, 1.807) is 43.4 Å². The van der Waals surface area contributed by atoms with E-state index in [-0.39, 0.29) is 22.0 Å². The second-order valence-electron chi connectivity index (χ2n) is 6.96. The first-order valence-corrected chi connectivity index (χ1v) is 10.8. The number of sulfonamides is 1. The van der Waals surface area contributed by atoms with E-state index in [9.17, 15) is 18.3 Å². The largest absolute Gasteiger partial charge is 0.508 e. The minimum atomic E-state index is -3.86. The van der Waals surface area contributed by atoms with Gasteiger partial charge in [-0.05, 0) is 43.2 Å². The third-order valence-corrected chi connectivity index (χ3v) is 6.53. The Bertz CT molecular complexity index is 1140. The highest BCUT2D eigenvalue weighted by atomic mass is 32.2. The number of hydrogen-bond acceptors (Lipinski definition) is 5. The van der Waals surface area contributed by atoms with Crippen molar-refractivity contribution >= 4 is 21.7 Å². The van der Waals surface area contributed by atoms with Gasteiger partial charge in [0.25, 0.3) is 15.9 Å². The van der Waals surface area contributed by atoms with Crippen LogP contribution in [0.2, 0.25) is 0 Å². The fourth-order valence-electron chi connectivity index (χ4n) is 3.03. The quantitative estimate of drug-likeness (QED) is 0.601. The average molecular weight is 429 g/mol. The van der Waals surface area contributed by atoms with Crippen molar-refractivity contribution in [3.63, 3.8) is 0 Å². The number of carbonyl (C=O) groups is 1. The number of phenolic OH excluding ortho intramolecular Hbond substituents is 1. The number of anilines is 1. The topological polar surface area (TPSA) is 105 Å². The maximum absolute atomic E-state index is 13.0. The molecule has 0 aliphatic carbocycles. The van der Waals surface area contributed by atoms with E-state index >= 15 is 0 Å². The molecule has 3 rings (SSSR count). The molecule has 1 aromatic heterocycles. The number of hydrogen-bond donors (Lipinski definition) is 2. The Balaban J connectivity index is 1.77. The van der Waals surface area contributed by atoms with Crippen LogP contribution >= 0.6 is 0 Å². The monoisotopic (exact) mass is 428 g/mol. The summed E-state index contributed by atoms with van der Waals surface area (Å²) in [6.45, 7) is 2.23. The summed E-state index contributed by atoms with van der Waals surface area (Å²) < 4.78 is 28.5. The fraction of sp³-hybridized carbons (Fsp3) is 0.238. The molecule has 1 amide bonds. The fourth-order valence-corrected chi connectivity index (χ4v) is 4.27.